The predicted octanol–water partition coefficient (Wildman–Crippen LogP) is 5.22. The molecule has 0 saturated heterocycles. The zero-order valence-corrected chi connectivity index (χ0v) is 13.2. The summed E-state index contributed by atoms with van der Waals surface area (Å²) in [6.45, 7) is 5.58. The fourth-order valence-corrected chi connectivity index (χ4v) is 2.58. The lowest BCUT2D eigenvalue weighted by Crippen LogP contribution is -2.31. The van der Waals surface area contributed by atoms with Crippen molar-refractivity contribution in [1.29, 1.82) is 0 Å². The second-order valence-corrected chi connectivity index (χ2v) is 5.70. The third kappa shape index (κ3) is 6.98. The molecule has 0 aliphatic rings. The van der Waals surface area contributed by atoms with Crippen molar-refractivity contribution in [2.24, 2.45) is 0 Å². The number of hydrogen-bond donors (Lipinski definition) is 1. The van der Waals surface area contributed by atoms with E-state index >= 15 is 0 Å². The quantitative estimate of drug-likeness (QED) is 0.580. The molecule has 19 heavy (non-hydrogen) atoms. The number of nitrogens with one attached hydrogen (secondary N) is 1. The van der Waals surface area contributed by atoms with E-state index in [2.05, 4.69) is 31.3 Å². The summed E-state index contributed by atoms with van der Waals surface area (Å²) in [4.78, 5) is 0. The third-order valence-corrected chi connectivity index (χ3v) is 3.88. The molecule has 0 amide bonds. The topological polar surface area (TPSA) is 12.0 Å². The molecule has 2 heteroatoms. The maximum atomic E-state index is 6.26. The van der Waals surface area contributed by atoms with Gasteiger partial charge in [0.2, 0.25) is 0 Å². The summed E-state index contributed by atoms with van der Waals surface area (Å²) in [5.41, 5.74) is 1.27. The molecular formula is C17H28ClN. The first-order valence-corrected chi connectivity index (χ1v) is 8.12. The standard InChI is InChI=1S/C17H28ClN/c1-3-5-6-7-11-16(19-13-4-2)14-15-10-8-9-12-17(15)18/h8-10,12,16,19H,3-7,11,13-14H2,1-2H3. The molecule has 0 aromatic heterocycles. The minimum Gasteiger partial charge on any atom is -0.314 e. The lowest BCUT2D eigenvalue weighted by molar-refractivity contribution is 0.453. The Kier molecular flexibility index (Phi) is 8.94. The van der Waals surface area contributed by atoms with E-state index in [1.165, 1.54) is 44.1 Å². The van der Waals surface area contributed by atoms with Crippen LogP contribution >= 0.6 is 11.6 Å². The van der Waals surface area contributed by atoms with Gasteiger partial charge in [-0.3, -0.25) is 0 Å². The molecule has 0 spiro atoms. The van der Waals surface area contributed by atoms with Crippen molar-refractivity contribution in [2.45, 2.75) is 64.8 Å². The van der Waals surface area contributed by atoms with Gasteiger partial charge in [0.15, 0.2) is 0 Å². The van der Waals surface area contributed by atoms with Crippen LogP contribution in [0.3, 0.4) is 0 Å². The maximum Gasteiger partial charge on any atom is 0.0438 e. The summed E-state index contributed by atoms with van der Waals surface area (Å²) < 4.78 is 0. The second-order valence-electron chi connectivity index (χ2n) is 5.30. The van der Waals surface area contributed by atoms with Crippen molar-refractivity contribution in [2.75, 3.05) is 6.54 Å². The van der Waals surface area contributed by atoms with Gasteiger partial charge in [-0.15, -0.1) is 0 Å². The van der Waals surface area contributed by atoms with Crippen molar-refractivity contribution in [3.05, 3.63) is 34.9 Å². The first kappa shape index (κ1) is 16.5. The highest BCUT2D eigenvalue weighted by Gasteiger charge is 2.10. The SMILES string of the molecule is CCCCCCC(Cc1ccccc1Cl)NCCC. The van der Waals surface area contributed by atoms with Crippen LogP contribution in [-0.4, -0.2) is 12.6 Å². The van der Waals surface area contributed by atoms with Crippen LogP contribution in [0.4, 0.5) is 0 Å². The zero-order valence-electron chi connectivity index (χ0n) is 12.4. The Labute approximate surface area is 123 Å². The minimum absolute atomic E-state index is 0.566. The average Bonchev–Trinajstić information content (AvgIpc) is 2.43. The Morgan fingerprint density at radius 2 is 1.84 bits per heavy atom. The average molecular weight is 282 g/mol. The van der Waals surface area contributed by atoms with E-state index in [4.69, 9.17) is 11.6 Å². The molecule has 0 aliphatic carbocycles. The highest BCUT2D eigenvalue weighted by Crippen LogP contribution is 2.18. The molecule has 1 rings (SSSR count). The smallest absolute Gasteiger partial charge is 0.0438 e. The summed E-state index contributed by atoms with van der Waals surface area (Å²) in [6.07, 6.45) is 8.82. The van der Waals surface area contributed by atoms with E-state index in [0.717, 1.165) is 18.0 Å². The van der Waals surface area contributed by atoms with Gasteiger partial charge in [-0.25, -0.2) is 0 Å². The number of rotatable bonds is 10. The number of benzene rings is 1. The van der Waals surface area contributed by atoms with Gasteiger partial charge >= 0.3 is 0 Å². The molecule has 1 unspecified atom stereocenters. The van der Waals surface area contributed by atoms with Crippen molar-refractivity contribution < 1.29 is 0 Å². The first-order chi connectivity index (χ1) is 9.27. The second kappa shape index (κ2) is 10.3. The molecular weight excluding hydrogens is 254 g/mol. The summed E-state index contributed by atoms with van der Waals surface area (Å²) in [6, 6.07) is 8.79. The van der Waals surface area contributed by atoms with Crippen molar-refractivity contribution in [3.63, 3.8) is 0 Å². The van der Waals surface area contributed by atoms with Gasteiger partial charge in [-0.2, -0.15) is 0 Å². The Bertz CT molecular complexity index is 338. The Morgan fingerprint density at radius 3 is 2.53 bits per heavy atom. The summed E-state index contributed by atoms with van der Waals surface area (Å²) in [5.74, 6) is 0. The fourth-order valence-electron chi connectivity index (χ4n) is 2.37. The van der Waals surface area contributed by atoms with Crippen molar-refractivity contribution in [1.82, 2.24) is 5.32 Å². The maximum absolute atomic E-state index is 6.26. The van der Waals surface area contributed by atoms with Crippen LogP contribution in [0.1, 0.15) is 57.9 Å². The third-order valence-electron chi connectivity index (χ3n) is 3.51. The Balaban J connectivity index is 2.46. The zero-order chi connectivity index (χ0) is 13.9. The largest absolute Gasteiger partial charge is 0.314 e. The Morgan fingerprint density at radius 1 is 1.05 bits per heavy atom. The molecule has 108 valence electrons. The van der Waals surface area contributed by atoms with E-state index in [0.29, 0.717) is 6.04 Å². The van der Waals surface area contributed by atoms with Gasteiger partial charge in [0.1, 0.15) is 0 Å². The number of unbranched alkanes of at least 4 members (excludes halogenated alkanes) is 3. The molecule has 0 saturated carbocycles. The summed E-state index contributed by atoms with van der Waals surface area (Å²) in [5, 5.41) is 4.57. The molecule has 0 heterocycles. The molecule has 1 atom stereocenters. The van der Waals surface area contributed by atoms with E-state index < -0.39 is 0 Å². The van der Waals surface area contributed by atoms with Crippen LogP contribution in [0.15, 0.2) is 24.3 Å². The molecule has 0 bridgehead atoms. The van der Waals surface area contributed by atoms with E-state index in [1.54, 1.807) is 0 Å². The van der Waals surface area contributed by atoms with E-state index in [9.17, 15) is 0 Å². The van der Waals surface area contributed by atoms with Crippen LogP contribution in [0, 0.1) is 0 Å². The normalized spacial score (nSPS) is 12.6. The van der Waals surface area contributed by atoms with Crippen molar-refractivity contribution >= 4 is 11.6 Å². The van der Waals surface area contributed by atoms with E-state index in [1.807, 2.05) is 12.1 Å². The van der Waals surface area contributed by atoms with Gasteiger partial charge in [0, 0.05) is 11.1 Å². The molecule has 0 radical (unpaired) electrons. The molecule has 0 aliphatic heterocycles. The number of halogens is 1. The highest BCUT2D eigenvalue weighted by molar-refractivity contribution is 6.31. The first-order valence-electron chi connectivity index (χ1n) is 7.74. The van der Waals surface area contributed by atoms with Crippen LogP contribution < -0.4 is 5.32 Å². The lowest BCUT2D eigenvalue weighted by atomic mass is 10.00. The van der Waals surface area contributed by atoms with Crippen LogP contribution in [0.5, 0.6) is 0 Å². The van der Waals surface area contributed by atoms with Crippen LogP contribution in [0.25, 0.3) is 0 Å². The van der Waals surface area contributed by atoms with Gasteiger partial charge in [0.25, 0.3) is 0 Å². The number of hydrogen-bond acceptors (Lipinski definition) is 1. The molecule has 1 aromatic carbocycles. The lowest BCUT2D eigenvalue weighted by Gasteiger charge is -2.19. The molecule has 0 fully saturated rings. The monoisotopic (exact) mass is 281 g/mol. The molecule has 1 N–H and O–H groups in total. The van der Waals surface area contributed by atoms with Gasteiger partial charge in [-0.1, -0.05) is 69.3 Å². The van der Waals surface area contributed by atoms with Crippen LogP contribution in [0.2, 0.25) is 5.02 Å². The van der Waals surface area contributed by atoms with Gasteiger partial charge < -0.3 is 5.32 Å². The Hall–Kier alpha value is -0.530. The predicted molar refractivity (Wildman–Crippen MR) is 86.0 cm³/mol. The van der Waals surface area contributed by atoms with E-state index in [-0.39, 0.29) is 0 Å². The van der Waals surface area contributed by atoms with Crippen molar-refractivity contribution in [3.8, 4) is 0 Å². The highest BCUT2D eigenvalue weighted by atomic mass is 35.5. The van der Waals surface area contributed by atoms with Gasteiger partial charge in [-0.05, 0) is 37.4 Å². The molecule has 1 aromatic rings. The summed E-state index contributed by atoms with van der Waals surface area (Å²) >= 11 is 6.26. The van der Waals surface area contributed by atoms with Crippen LogP contribution in [-0.2, 0) is 6.42 Å². The summed E-state index contributed by atoms with van der Waals surface area (Å²) in [7, 11) is 0. The fraction of sp³-hybridized carbons (Fsp3) is 0.647. The van der Waals surface area contributed by atoms with Gasteiger partial charge in [0.05, 0.1) is 0 Å². The molecule has 1 nitrogen and oxygen atoms in total. The minimum atomic E-state index is 0.566.